The van der Waals surface area contributed by atoms with Crippen LogP contribution < -0.4 is 5.32 Å². The number of hydrogen-bond acceptors (Lipinski definition) is 3. The van der Waals surface area contributed by atoms with Crippen LogP contribution in [0.3, 0.4) is 0 Å². The molecule has 4 heteroatoms. The standard InChI is InChI=1S/C15H21N3O/c1-12(15(2,3)19)17-14-9-16-18(11-14)10-13-7-5-4-6-8-13/h4-9,11-12,17,19H,10H2,1-3H3. The highest BCUT2D eigenvalue weighted by molar-refractivity contribution is 5.40. The molecule has 2 rings (SSSR count). The minimum Gasteiger partial charge on any atom is -0.388 e. The molecule has 0 amide bonds. The summed E-state index contributed by atoms with van der Waals surface area (Å²) >= 11 is 0. The molecule has 0 radical (unpaired) electrons. The van der Waals surface area contributed by atoms with Gasteiger partial charge in [-0.2, -0.15) is 5.10 Å². The molecule has 0 aliphatic rings. The molecule has 0 saturated heterocycles. The van der Waals surface area contributed by atoms with E-state index in [-0.39, 0.29) is 6.04 Å². The zero-order valence-electron chi connectivity index (χ0n) is 11.7. The number of anilines is 1. The van der Waals surface area contributed by atoms with E-state index >= 15 is 0 Å². The van der Waals surface area contributed by atoms with Crippen molar-refractivity contribution in [3.63, 3.8) is 0 Å². The molecule has 0 spiro atoms. The Morgan fingerprint density at radius 3 is 2.63 bits per heavy atom. The van der Waals surface area contributed by atoms with Gasteiger partial charge in [0.15, 0.2) is 0 Å². The number of nitrogens with one attached hydrogen (secondary N) is 1. The van der Waals surface area contributed by atoms with Gasteiger partial charge in [0.2, 0.25) is 0 Å². The second kappa shape index (κ2) is 5.45. The van der Waals surface area contributed by atoms with E-state index in [0.29, 0.717) is 0 Å². The highest BCUT2D eigenvalue weighted by Gasteiger charge is 2.22. The molecule has 1 aromatic heterocycles. The van der Waals surface area contributed by atoms with Gasteiger partial charge >= 0.3 is 0 Å². The fraction of sp³-hybridized carbons (Fsp3) is 0.400. The second-order valence-corrected chi connectivity index (χ2v) is 5.43. The number of aliphatic hydroxyl groups is 1. The maximum atomic E-state index is 9.90. The van der Waals surface area contributed by atoms with E-state index in [2.05, 4.69) is 22.5 Å². The first kappa shape index (κ1) is 13.6. The van der Waals surface area contributed by atoms with Crippen molar-refractivity contribution in [1.82, 2.24) is 9.78 Å². The van der Waals surface area contributed by atoms with Gasteiger partial charge in [-0.15, -0.1) is 0 Å². The van der Waals surface area contributed by atoms with Crippen LogP contribution in [0, 0.1) is 0 Å². The van der Waals surface area contributed by atoms with Gasteiger partial charge in [-0.25, -0.2) is 0 Å². The Bertz CT molecular complexity index is 514. The average Bonchev–Trinajstić information content (AvgIpc) is 2.76. The first-order chi connectivity index (χ1) is 8.95. The van der Waals surface area contributed by atoms with Crippen molar-refractivity contribution in [3.05, 3.63) is 48.3 Å². The average molecular weight is 259 g/mol. The largest absolute Gasteiger partial charge is 0.388 e. The van der Waals surface area contributed by atoms with Crippen molar-refractivity contribution in [1.29, 1.82) is 0 Å². The van der Waals surface area contributed by atoms with Crippen LogP contribution in [-0.4, -0.2) is 26.5 Å². The van der Waals surface area contributed by atoms with Crippen LogP contribution in [0.1, 0.15) is 26.3 Å². The van der Waals surface area contributed by atoms with Gasteiger partial charge in [0.05, 0.1) is 30.1 Å². The molecule has 0 saturated carbocycles. The molecule has 1 unspecified atom stereocenters. The highest BCUT2D eigenvalue weighted by Crippen LogP contribution is 2.15. The predicted octanol–water partition coefficient (Wildman–Crippen LogP) is 2.50. The summed E-state index contributed by atoms with van der Waals surface area (Å²) in [5.74, 6) is 0. The van der Waals surface area contributed by atoms with Crippen molar-refractivity contribution in [2.75, 3.05) is 5.32 Å². The van der Waals surface area contributed by atoms with Crippen LogP contribution in [-0.2, 0) is 6.54 Å². The first-order valence-electron chi connectivity index (χ1n) is 6.50. The second-order valence-electron chi connectivity index (χ2n) is 5.43. The molecule has 2 aromatic rings. The fourth-order valence-electron chi connectivity index (χ4n) is 1.72. The summed E-state index contributed by atoms with van der Waals surface area (Å²) in [6.07, 6.45) is 3.74. The van der Waals surface area contributed by atoms with Gasteiger partial charge in [0.1, 0.15) is 0 Å². The van der Waals surface area contributed by atoms with Crippen LogP contribution in [0.15, 0.2) is 42.7 Å². The molecule has 1 atom stereocenters. The Labute approximate surface area is 114 Å². The van der Waals surface area contributed by atoms with Gasteiger partial charge < -0.3 is 10.4 Å². The monoisotopic (exact) mass is 259 g/mol. The van der Waals surface area contributed by atoms with Crippen molar-refractivity contribution >= 4 is 5.69 Å². The van der Waals surface area contributed by atoms with E-state index in [0.717, 1.165) is 12.2 Å². The topological polar surface area (TPSA) is 50.1 Å². The summed E-state index contributed by atoms with van der Waals surface area (Å²) < 4.78 is 1.88. The summed E-state index contributed by atoms with van der Waals surface area (Å²) in [5, 5.41) is 17.5. The molecule has 0 bridgehead atoms. The van der Waals surface area contributed by atoms with Crippen LogP contribution in [0.5, 0.6) is 0 Å². The molecule has 1 heterocycles. The van der Waals surface area contributed by atoms with E-state index in [1.54, 1.807) is 20.0 Å². The summed E-state index contributed by atoms with van der Waals surface area (Å²) in [6.45, 7) is 6.28. The molecule has 2 N–H and O–H groups in total. The molecule has 0 fully saturated rings. The zero-order valence-corrected chi connectivity index (χ0v) is 11.7. The van der Waals surface area contributed by atoms with E-state index in [9.17, 15) is 5.11 Å². The number of hydrogen-bond donors (Lipinski definition) is 2. The Morgan fingerprint density at radius 1 is 1.32 bits per heavy atom. The van der Waals surface area contributed by atoms with E-state index < -0.39 is 5.60 Å². The Hall–Kier alpha value is -1.81. The molecule has 0 aliphatic heterocycles. The molecular weight excluding hydrogens is 238 g/mol. The number of aromatic nitrogens is 2. The Kier molecular flexibility index (Phi) is 3.90. The Morgan fingerprint density at radius 2 is 2.00 bits per heavy atom. The molecular formula is C15H21N3O. The lowest BCUT2D eigenvalue weighted by Crippen LogP contribution is -2.39. The molecule has 102 valence electrons. The minimum atomic E-state index is -0.762. The van der Waals surface area contributed by atoms with Gasteiger partial charge in [0, 0.05) is 6.20 Å². The van der Waals surface area contributed by atoms with Crippen LogP contribution in [0.4, 0.5) is 5.69 Å². The summed E-state index contributed by atoms with van der Waals surface area (Å²) in [5.41, 5.74) is 1.37. The summed E-state index contributed by atoms with van der Waals surface area (Å²) in [7, 11) is 0. The van der Waals surface area contributed by atoms with Gasteiger partial charge in [-0.05, 0) is 26.3 Å². The third kappa shape index (κ3) is 3.83. The van der Waals surface area contributed by atoms with Gasteiger partial charge in [-0.1, -0.05) is 30.3 Å². The van der Waals surface area contributed by atoms with Gasteiger partial charge in [0.25, 0.3) is 0 Å². The third-order valence-corrected chi connectivity index (χ3v) is 3.26. The first-order valence-corrected chi connectivity index (χ1v) is 6.50. The van der Waals surface area contributed by atoms with Crippen LogP contribution >= 0.6 is 0 Å². The lowest BCUT2D eigenvalue weighted by atomic mass is 10.0. The highest BCUT2D eigenvalue weighted by atomic mass is 16.3. The number of rotatable bonds is 5. The molecule has 19 heavy (non-hydrogen) atoms. The van der Waals surface area contributed by atoms with Crippen LogP contribution in [0.2, 0.25) is 0 Å². The normalized spacial score (nSPS) is 13.3. The maximum absolute atomic E-state index is 9.90. The number of benzene rings is 1. The van der Waals surface area contributed by atoms with Crippen molar-refractivity contribution in [3.8, 4) is 0 Å². The molecule has 1 aromatic carbocycles. The maximum Gasteiger partial charge on any atom is 0.0789 e. The predicted molar refractivity (Wildman–Crippen MR) is 77.2 cm³/mol. The fourth-order valence-corrected chi connectivity index (χ4v) is 1.72. The molecule has 0 aliphatic carbocycles. The molecule has 4 nitrogen and oxygen atoms in total. The minimum absolute atomic E-state index is 0.0399. The van der Waals surface area contributed by atoms with Gasteiger partial charge in [-0.3, -0.25) is 4.68 Å². The lowest BCUT2D eigenvalue weighted by Gasteiger charge is -2.26. The summed E-state index contributed by atoms with van der Waals surface area (Å²) in [6, 6.07) is 10.2. The Balaban J connectivity index is 2.00. The quantitative estimate of drug-likeness (QED) is 0.867. The van der Waals surface area contributed by atoms with Crippen molar-refractivity contribution < 1.29 is 5.11 Å². The zero-order chi connectivity index (χ0) is 13.9. The smallest absolute Gasteiger partial charge is 0.0789 e. The van der Waals surface area contributed by atoms with E-state index in [1.807, 2.05) is 36.0 Å². The van der Waals surface area contributed by atoms with E-state index in [4.69, 9.17) is 0 Å². The van der Waals surface area contributed by atoms with Crippen molar-refractivity contribution in [2.24, 2.45) is 0 Å². The van der Waals surface area contributed by atoms with Crippen LogP contribution in [0.25, 0.3) is 0 Å². The van der Waals surface area contributed by atoms with E-state index in [1.165, 1.54) is 5.56 Å². The number of nitrogens with zero attached hydrogens (tertiary/aromatic N) is 2. The SMILES string of the molecule is CC(Nc1cnn(Cc2ccccc2)c1)C(C)(C)O. The third-order valence-electron chi connectivity index (χ3n) is 3.26. The van der Waals surface area contributed by atoms with Crippen molar-refractivity contribution in [2.45, 2.75) is 39.0 Å². The lowest BCUT2D eigenvalue weighted by molar-refractivity contribution is 0.0649. The summed E-state index contributed by atoms with van der Waals surface area (Å²) in [4.78, 5) is 0.